The molecule has 1 aliphatic carbocycles. The molecule has 0 radical (unpaired) electrons. The number of carbonyl (C=O) groups excluding carboxylic acids is 1. The SMILES string of the molecule is C#CCCC1(C=CC(=O)NC2Cc3ccccc3C2)N=N1. The van der Waals surface area contributed by atoms with Crippen LogP contribution in [0.4, 0.5) is 0 Å². The van der Waals surface area contributed by atoms with Gasteiger partial charge in [0.05, 0.1) is 0 Å². The van der Waals surface area contributed by atoms with Crippen LogP contribution in [0, 0.1) is 12.3 Å². The summed E-state index contributed by atoms with van der Waals surface area (Å²) in [4.78, 5) is 12.0. The Bertz CT molecular complexity index is 623. The van der Waals surface area contributed by atoms with Gasteiger partial charge in [-0.2, -0.15) is 10.2 Å². The van der Waals surface area contributed by atoms with Crippen molar-refractivity contribution in [2.24, 2.45) is 10.2 Å². The van der Waals surface area contributed by atoms with Gasteiger partial charge in [0, 0.05) is 25.0 Å². The third-order valence-corrected chi connectivity index (χ3v) is 3.89. The van der Waals surface area contributed by atoms with E-state index in [1.165, 1.54) is 17.2 Å². The first kappa shape index (κ1) is 13.6. The van der Waals surface area contributed by atoms with E-state index >= 15 is 0 Å². The summed E-state index contributed by atoms with van der Waals surface area (Å²) < 4.78 is 0. The number of nitrogens with one attached hydrogen (secondary N) is 1. The van der Waals surface area contributed by atoms with E-state index in [1.807, 2.05) is 12.1 Å². The molecule has 106 valence electrons. The largest absolute Gasteiger partial charge is 0.349 e. The molecule has 1 heterocycles. The van der Waals surface area contributed by atoms with Crippen LogP contribution in [-0.2, 0) is 17.6 Å². The molecule has 0 saturated carbocycles. The van der Waals surface area contributed by atoms with E-state index in [-0.39, 0.29) is 11.9 Å². The lowest BCUT2D eigenvalue weighted by atomic mass is 10.1. The predicted molar refractivity (Wildman–Crippen MR) is 80.6 cm³/mol. The van der Waals surface area contributed by atoms with E-state index in [0.29, 0.717) is 12.8 Å². The average molecular weight is 279 g/mol. The van der Waals surface area contributed by atoms with E-state index in [4.69, 9.17) is 6.42 Å². The number of carbonyl (C=O) groups is 1. The van der Waals surface area contributed by atoms with E-state index in [9.17, 15) is 4.79 Å². The number of benzene rings is 1. The molecule has 4 nitrogen and oxygen atoms in total. The van der Waals surface area contributed by atoms with Gasteiger partial charge in [0.1, 0.15) is 0 Å². The molecule has 0 bridgehead atoms. The fourth-order valence-electron chi connectivity index (χ4n) is 2.69. The first-order valence-electron chi connectivity index (χ1n) is 7.15. The van der Waals surface area contributed by atoms with Gasteiger partial charge in [0.2, 0.25) is 11.6 Å². The van der Waals surface area contributed by atoms with Crippen molar-refractivity contribution in [3.63, 3.8) is 0 Å². The Hall–Kier alpha value is -2.41. The highest BCUT2D eigenvalue weighted by Crippen LogP contribution is 2.34. The lowest BCUT2D eigenvalue weighted by Gasteiger charge is -2.10. The van der Waals surface area contributed by atoms with Crippen molar-refractivity contribution >= 4 is 5.91 Å². The van der Waals surface area contributed by atoms with Crippen LogP contribution in [0.3, 0.4) is 0 Å². The van der Waals surface area contributed by atoms with Crippen molar-refractivity contribution in [2.75, 3.05) is 0 Å². The van der Waals surface area contributed by atoms with E-state index in [1.54, 1.807) is 6.08 Å². The maximum absolute atomic E-state index is 12.0. The van der Waals surface area contributed by atoms with Crippen molar-refractivity contribution in [3.8, 4) is 12.3 Å². The smallest absolute Gasteiger partial charge is 0.244 e. The fourth-order valence-corrected chi connectivity index (χ4v) is 2.69. The summed E-state index contributed by atoms with van der Waals surface area (Å²) >= 11 is 0. The lowest BCUT2D eigenvalue weighted by molar-refractivity contribution is -0.117. The first-order chi connectivity index (χ1) is 10.2. The van der Waals surface area contributed by atoms with Gasteiger partial charge in [-0.1, -0.05) is 24.3 Å². The molecule has 1 aromatic carbocycles. The molecule has 0 saturated heterocycles. The lowest BCUT2D eigenvalue weighted by Crippen LogP contribution is -2.34. The van der Waals surface area contributed by atoms with Crippen molar-refractivity contribution in [2.45, 2.75) is 37.4 Å². The van der Waals surface area contributed by atoms with Gasteiger partial charge in [0.25, 0.3) is 0 Å². The molecule has 0 aromatic heterocycles. The molecule has 1 amide bonds. The third kappa shape index (κ3) is 3.19. The first-order valence-corrected chi connectivity index (χ1v) is 7.15. The zero-order chi connectivity index (χ0) is 14.7. The Kier molecular flexibility index (Phi) is 3.57. The minimum Gasteiger partial charge on any atom is -0.349 e. The van der Waals surface area contributed by atoms with Crippen LogP contribution in [0.15, 0.2) is 46.6 Å². The number of terminal acetylenes is 1. The van der Waals surface area contributed by atoms with Crippen molar-refractivity contribution in [3.05, 3.63) is 47.5 Å². The Morgan fingerprint density at radius 1 is 1.38 bits per heavy atom. The molecule has 4 heteroatoms. The normalized spacial score (nSPS) is 18.4. The summed E-state index contributed by atoms with van der Waals surface area (Å²) in [7, 11) is 0. The van der Waals surface area contributed by atoms with Crippen LogP contribution in [0.5, 0.6) is 0 Å². The predicted octanol–water partition coefficient (Wildman–Crippen LogP) is 2.40. The Morgan fingerprint density at radius 2 is 2.05 bits per heavy atom. The minimum atomic E-state index is -0.539. The number of nitrogens with zero attached hydrogens (tertiary/aromatic N) is 2. The number of rotatable bonds is 5. The number of fused-ring (bicyclic) bond motifs is 1. The van der Waals surface area contributed by atoms with Crippen LogP contribution in [0.2, 0.25) is 0 Å². The minimum absolute atomic E-state index is 0.0924. The standard InChI is InChI=1S/C17H17N3O/c1-2-3-9-17(19-20-17)10-8-16(21)18-15-11-13-6-4-5-7-14(13)12-15/h1,4-8,10,15H,3,9,11-12H2,(H,18,21). The van der Waals surface area contributed by atoms with Gasteiger partial charge in [-0.15, -0.1) is 12.3 Å². The number of amides is 1. The molecule has 3 rings (SSSR count). The fraction of sp³-hybridized carbons (Fsp3) is 0.353. The number of hydrogen-bond donors (Lipinski definition) is 1. The maximum atomic E-state index is 12.0. The van der Waals surface area contributed by atoms with Crippen LogP contribution < -0.4 is 5.32 Å². The molecule has 21 heavy (non-hydrogen) atoms. The van der Waals surface area contributed by atoms with E-state index in [2.05, 4.69) is 33.6 Å². The second-order valence-corrected chi connectivity index (χ2v) is 5.50. The molecule has 0 spiro atoms. The average Bonchev–Trinajstić information content (AvgIpc) is 3.14. The molecule has 1 aromatic rings. The Balaban J connectivity index is 1.51. The van der Waals surface area contributed by atoms with Crippen molar-refractivity contribution in [1.29, 1.82) is 0 Å². The Morgan fingerprint density at radius 3 is 2.62 bits per heavy atom. The highest BCUT2D eigenvalue weighted by atomic mass is 16.1. The van der Waals surface area contributed by atoms with Crippen LogP contribution >= 0.6 is 0 Å². The van der Waals surface area contributed by atoms with Gasteiger partial charge in [-0.3, -0.25) is 4.79 Å². The number of hydrogen-bond acceptors (Lipinski definition) is 3. The topological polar surface area (TPSA) is 53.8 Å². The molecule has 1 aliphatic heterocycles. The quantitative estimate of drug-likeness (QED) is 0.653. The monoisotopic (exact) mass is 279 g/mol. The summed E-state index contributed by atoms with van der Waals surface area (Å²) in [6, 6.07) is 8.49. The van der Waals surface area contributed by atoms with Gasteiger partial charge >= 0.3 is 0 Å². The highest BCUT2D eigenvalue weighted by Gasteiger charge is 2.36. The van der Waals surface area contributed by atoms with Gasteiger partial charge < -0.3 is 5.32 Å². The molecule has 0 fully saturated rings. The van der Waals surface area contributed by atoms with Gasteiger partial charge in [-0.25, -0.2) is 0 Å². The van der Waals surface area contributed by atoms with Crippen molar-refractivity contribution in [1.82, 2.24) is 5.32 Å². The van der Waals surface area contributed by atoms with Gasteiger partial charge in [-0.05, 0) is 30.0 Å². The summed E-state index contributed by atoms with van der Waals surface area (Å²) in [6.45, 7) is 0. The molecule has 2 aliphatic rings. The molecule has 0 unspecified atom stereocenters. The maximum Gasteiger partial charge on any atom is 0.244 e. The van der Waals surface area contributed by atoms with Crippen LogP contribution in [0.25, 0.3) is 0 Å². The molecule has 1 N–H and O–H groups in total. The van der Waals surface area contributed by atoms with Gasteiger partial charge in [0.15, 0.2) is 0 Å². The highest BCUT2D eigenvalue weighted by molar-refractivity contribution is 5.88. The zero-order valence-electron chi connectivity index (χ0n) is 11.7. The molecular formula is C17H17N3O. The molecular weight excluding hydrogens is 262 g/mol. The second-order valence-electron chi connectivity index (χ2n) is 5.50. The summed E-state index contributed by atoms with van der Waals surface area (Å²) in [5, 5.41) is 11.0. The van der Waals surface area contributed by atoms with E-state index in [0.717, 1.165) is 12.8 Å². The molecule has 0 atom stereocenters. The summed E-state index contributed by atoms with van der Waals surface area (Å²) in [5.41, 5.74) is 2.11. The zero-order valence-corrected chi connectivity index (χ0v) is 11.7. The summed E-state index contributed by atoms with van der Waals surface area (Å²) in [5.74, 6) is 2.47. The van der Waals surface area contributed by atoms with E-state index < -0.39 is 5.66 Å². The third-order valence-electron chi connectivity index (χ3n) is 3.89. The van der Waals surface area contributed by atoms with Crippen LogP contribution in [-0.4, -0.2) is 17.6 Å². The summed E-state index contributed by atoms with van der Waals surface area (Å²) in [6.07, 6.45) is 11.6. The second kappa shape index (κ2) is 5.53. The van der Waals surface area contributed by atoms with Crippen molar-refractivity contribution < 1.29 is 4.79 Å². The van der Waals surface area contributed by atoms with Crippen LogP contribution in [0.1, 0.15) is 24.0 Å². The Labute approximate surface area is 124 Å².